The average Bonchev–Trinajstić information content (AvgIpc) is 2.58. The van der Waals surface area contributed by atoms with Crippen LogP contribution in [0.4, 0.5) is 0 Å². The topological polar surface area (TPSA) is 35.6 Å². The fraction of sp³-hybridized carbons (Fsp3) is 0.591. The molecule has 0 bridgehead atoms. The van der Waals surface area contributed by atoms with E-state index in [0.29, 0.717) is 5.57 Å². The molecule has 4 nitrogen and oxygen atoms in total. The standard InChI is InChI=1S/C22H38BN3O/c1-16(14-27)20(26(10)17(2)25(8)9)19-18(12-11-13-24-19)23-15-22(6,7)21(3,4)5/h12,14,23-24H,1-2,11,13,15H2,3-10H3/b20-19+. The van der Waals surface area contributed by atoms with Crippen molar-refractivity contribution in [3.63, 3.8) is 0 Å². The van der Waals surface area contributed by atoms with Gasteiger partial charge in [0.25, 0.3) is 0 Å². The average molecular weight is 371 g/mol. The van der Waals surface area contributed by atoms with Gasteiger partial charge in [-0.1, -0.05) is 65.6 Å². The molecule has 27 heavy (non-hydrogen) atoms. The molecular formula is C22H38BN3O. The maximum atomic E-state index is 11.6. The van der Waals surface area contributed by atoms with Gasteiger partial charge in [0.15, 0.2) is 13.6 Å². The van der Waals surface area contributed by atoms with Crippen molar-refractivity contribution in [2.75, 3.05) is 27.7 Å². The fourth-order valence-electron chi connectivity index (χ4n) is 2.97. The van der Waals surface area contributed by atoms with E-state index in [9.17, 15) is 4.79 Å². The van der Waals surface area contributed by atoms with Crippen molar-refractivity contribution in [3.8, 4) is 0 Å². The highest BCUT2D eigenvalue weighted by Crippen LogP contribution is 2.41. The lowest BCUT2D eigenvalue weighted by Crippen LogP contribution is -2.35. The number of hydrogen-bond donors (Lipinski definition) is 1. The largest absolute Gasteiger partial charge is 0.383 e. The summed E-state index contributed by atoms with van der Waals surface area (Å²) in [4.78, 5) is 15.5. The Hall–Kier alpha value is -1.91. The van der Waals surface area contributed by atoms with Crippen LogP contribution in [0, 0.1) is 10.8 Å². The number of likely N-dealkylation sites (N-methyl/N-ethyl adjacent to an activating group) is 1. The molecule has 0 aliphatic carbocycles. The molecular weight excluding hydrogens is 333 g/mol. The van der Waals surface area contributed by atoms with Crippen molar-refractivity contribution in [1.29, 1.82) is 0 Å². The van der Waals surface area contributed by atoms with Crippen molar-refractivity contribution >= 4 is 13.6 Å². The third-order valence-corrected chi connectivity index (χ3v) is 6.13. The smallest absolute Gasteiger partial charge is 0.160 e. The van der Waals surface area contributed by atoms with Crippen molar-refractivity contribution in [2.45, 2.75) is 47.4 Å². The summed E-state index contributed by atoms with van der Waals surface area (Å²) >= 11 is 0. The summed E-state index contributed by atoms with van der Waals surface area (Å²) in [5.74, 6) is 0.808. The highest BCUT2D eigenvalue weighted by atomic mass is 16.1. The van der Waals surface area contributed by atoms with Crippen LogP contribution in [-0.2, 0) is 4.79 Å². The number of nitrogens with one attached hydrogen (secondary N) is 1. The first kappa shape index (κ1) is 23.1. The molecule has 0 saturated heterocycles. The van der Waals surface area contributed by atoms with E-state index < -0.39 is 0 Å². The van der Waals surface area contributed by atoms with Gasteiger partial charge in [0.1, 0.15) is 5.82 Å². The Morgan fingerprint density at radius 1 is 1.22 bits per heavy atom. The molecule has 0 atom stereocenters. The van der Waals surface area contributed by atoms with Crippen molar-refractivity contribution in [1.82, 2.24) is 15.1 Å². The van der Waals surface area contributed by atoms with Crippen molar-refractivity contribution < 1.29 is 4.79 Å². The second kappa shape index (κ2) is 8.86. The van der Waals surface area contributed by atoms with E-state index in [1.165, 1.54) is 5.47 Å². The van der Waals surface area contributed by atoms with E-state index >= 15 is 0 Å². The lowest BCUT2D eigenvalue weighted by atomic mass is 9.52. The third kappa shape index (κ3) is 5.54. The Morgan fingerprint density at radius 2 is 1.81 bits per heavy atom. The lowest BCUT2D eigenvalue weighted by molar-refractivity contribution is -0.104. The molecule has 0 aromatic carbocycles. The number of carbonyl (C=O) groups is 1. The predicted molar refractivity (Wildman–Crippen MR) is 119 cm³/mol. The second-order valence-corrected chi connectivity index (χ2v) is 9.32. The molecule has 1 heterocycles. The minimum absolute atomic E-state index is 0.206. The molecule has 0 spiro atoms. The Kier molecular flexibility index (Phi) is 7.59. The summed E-state index contributed by atoms with van der Waals surface area (Å²) < 4.78 is 0. The Labute approximate surface area is 167 Å². The first-order valence-corrected chi connectivity index (χ1v) is 9.75. The Bertz CT molecular complexity index is 651. The molecule has 1 rings (SSSR count). The Balaban J connectivity index is 3.30. The normalized spacial score (nSPS) is 16.7. The highest BCUT2D eigenvalue weighted by Gasteiger charge is 2.33. The summed E-state index contributed by atoms with van der Waals surface area (Å²) in [6.45, 7) is 20.6. The zero-order valence-corrected chi connectivity index (χ0v) is 18.7. The van der Waals surface area contributed by atoms with Crippen LogP contribution in [0.15, 0.2) is 47.5 Å². The SMILES string of the molecule is C=C(C=O)/C(=C1\NCCC=C1BCC(C)(C)C(C)(C)C)N(C)C(=C)N(C)C. The van der Waals surface area contributed by atoms with E-state index in [1.54, 1.807) is 0 Å². The molecule has 150 valence electrons. The van der Waals surface area contributed by atoms with Crippen LogP contribution in [0.2, 0.25) is 6.32 Å². The van der Waals surface area contributed by atoms with E-state index in [-0.39, 0.29) is 10.8 Å². The Morgan fingerprint density at radius 3 is 2.30 bits per heavy atom. The zero-order valence-electron chi connectivity index (χ0n) is 18.7. The van der Waals surface area contributed by atoms with Crippen LogP contribution in [-0.4, -0.2) is 51.1 Å². The van der Waals surface area contributed by atoms with Crippen LogP contribution in [0.25, 0.3) is 0 Å². The predicted octanol–water partition coefficient (Wildman–Crippen LogP) is 3.72. The van der Waals surface area contributed by atoms with E-state index in [0.717, 1.165) is 50.1 Å². The van der Waals surface area contributed by atoms with Crippen LogP contribution in [0.3, 0.4) is 0 Å². The summed E-state index contributed by atoms with van der Waals surface area (Å²) in [5.41, 5.74) is 3.97. The van der Waals surface area contributed by atoms with Crippen molar-refractivity contribution in [3.05, 3.63) is 47.5 Å². The number of allylic oxidation sites excluding steroid dienone is 2. The van der Waals surface area contributed by atoms with Crippen LogP contribution in [0.1, 0.15) is 41.0 Å². The highest BCUT2D eigenvalue weighted by molar-refractivity contribution is 6.47. The minimum atomic E-state index is 0.206. The maximum absolute atomic E-state index is 11.6. The fourth-order valence-corrected chi connectivity index (χ4v) is 2.97. The third-order valence-electron chi connectivity index (χ3n) is 6.13. The summed E-state index contributed by atoms with van der Waals surface area (Å²) in [6.07, 6.45) is 5.20. The minimum Gasteiger partial charge on any atom is -0.383 e. The molecule has 0 amide bonds. The molecule has 0 aromatic heterocycles. The summed E-state index contributed by atoms with van der Waals surface area (Å²) in [7, 11) is 6.79. The van der Waals surface area contributed by atoms with Gasteiger partial charge in [-0.2, -0.15) is 0 Å². The molecule has 0 unspecified atom stereocenters. The number of hydrogen-bond acceptors (Lipinski definition) is 4. The van der Waals surface area contributed by atoms with Crippen molar-refractivity contribution in [2.24, 2.45) is 10.8 Å². The first-order chi connectivity index (χ1) is 12.3. The van der Waals surface area contributed by atoms with E-state index in [1.807, 2.05) is 30.9 Å². The summed E-state index contributed by atoms with van der Waals surface area (Å²) in [6, 6.07) is 0. The molecule has 1 aliphatic rings. The molecule has 0 radical (unpaired) electrons. The van der Waals surface area contributed by atoms with Gasteiger partial charge in [-0.3, -0.25) is 4.79 Å². The van der Waals surface area contributed by atoms with Gasteiger partial charge < -0.3 is 15.1 Å². The second-order valence-electron chi connectivity index (χ2n) is 9.32. The van der Waals surface area contributed by atoms with E-state index in [4.69, 9.17) is 0 Å². The molecule has 1 N–H and O–H groups in total. The maximum Gasteiger partial charge on any atom is 0.160 e. The number of aldehydes is 1. The van der Waals surface area contributed by atoms with Gasteiger partial charge in [0, 0.05) is 33.3 Å². The number of nitrogens with zero attached hydrogens (tertiary/aromatic N) is 2. The molecule has 1 aliphatic heterocycles. The van der Waals surface area contributed by atoms with Gasteiger partial charge in [-0.05, 0) is 17.3 Å². The summed E-state index contributed by atoms with van der Waals surface area (Å²) in [5, 5.41) is 3.52. The van der Waals surface area contributed by atoms with E-state index in [2.05, 4.69) is 59.2 Å². The van der Waals surface area contributed by atoms with Crippen LogP contribution < -0.4 is 5.32 Å². The molecule has 0 aromatic rings. The molecule has 0 fully saturated rings. The number of rotatable bonds is 8. The van der Waals surface area contributed by atoms with Crippen LogP contribution >= 0.6 is 0 Å². The quantitative estimate of drug-likeness (QED) is 0.401. The van der Waals surface area contributed by atoms with Gasteiger partial charge in [-0.15, -0.1) is 0 Å². The monoisotopic (exact) mass is 371 g/mol. The first-order valence-electron chi connectivity index (χ1n) is 9.75. The van der Waals surface area contributed by atoms with Gasteiger partial charge in [0.2, 0.25) is 0 Å². The van der Waals surface area contributed by atoms with Gasteiger partial charge in [0.05, 0.1) is 11.4 Å². The van der Waals surface area contributed by atoms with Gasteiger partial charge >= 0.3 is 0 Å². The molecule has 0 saturated carbocycles. The zero-order chi connectivity index (χ0) is 21.0. The molecule has 5 heteroatoms. The van der Waals surface area contributed by atoms with Crippen LogP contribution in [0.5, 0.6) is 0 Å². The lowest BCUT2D eigenvalue weighted by Gasteiger charge is -2.40. The number of carbonyl (C=O) groups excluding carboxylic acids is 1. The van der Waals surface area contributed by atoms with Gasteiger partial charge in [-0.25, -0.2) is 0 Å².